The van der Waals surface area contributed by atoms with E-state index in [1.807, 2.05) is 18.2 Å². The highest BCUT2D eigenvalue weighted by atomic mass is 35.5. The molecule has 2 heterocycles. The Balaban J connectivity index is 1.50. The minimum Gasteiger partial charge on any atom is -0.353 e. The smallest absolute Gasteiger partial charge is 0.236 e. The van der Waals surface area contributed by atoms with Crippen molar-refractivity contribution >= 4 is 23.4 Å². The summed E-state index contributed by atoms with van der Waals surface area (Å²) in [6.45, 7) is 6.87. The summed E-state index contributed by atoms with van der Waals surface area (Å²) in [5.41, 5.74) is 1.09. The lowest BCUT2D eigenvalue weighted by Gasteiger charge is -2.29. The van der Waals surface area contributed by atoms with Gasteiger partial charge in [0.2, 0.25) is 11.8 Å². The van der Waals surface area contributed by atoms with E-state index >= 15 is 0 Å². The molecule has 31 heavy (non-hydrogen) atoms. The molecule has 3 rings (SSSR count). The van der Waals surface area contributed by atoms with E-state index in [-0.39, 0.29) is 17.9 Å². The SMILES string of the molecule is CN(C)C(=O)CN1CCCN(CC(=O)NCC(c2ccccc2Cl)N2CCCC2)CC1. The van der Waals surface area contributed by atoms with Gasteiger partial charge in [0.1, 0.15) is 0 Å². The van der Waals surface area contributed by atoms with E-state index in [2.05, 4.69) is 26.1 Å². The molecule has 1 unspecified atom stereocenters. The second-order valence-corrected chi connectivity index (χ2v) is 9.19. The van der Waals surface area contributed by atoms with E-state index in [9.17, 15) is 9.59 Å². The number of halogens is 1. The summed E-state index contributed by atoms with van der Waals surface area (Å²) in [5, 5.41) is 3.91. The fraction of sp³-hybridized carbons (Fsp3) is 0.652. The Morgan fingerprint density at radius 3 is 2.26 bits per heavy atom. The van der Waals surface area contributed by atoms with Crippen molar-refractivity contribution in [2.24, 2.45) is 0 Å². The van der Waals surface area contributed by atoms with Crippen LogP contribution < -0.4 is 5.32 Å². The van der Waals surface area contributed by atoms with Crippen LogP contribution in [0.1, 0.15) is 30.9 Å². The summed E-state index contributed by atoms with van der Waals surface area (Å²) in [7, 11) is 3.57. The highest BCUT2D eigenvalue weighted by molar-refractivity contribution is 6.31. The lowest BCUT2D eigenvalue weighted by Crippen LogP contribution is -2.43. The predicted molar refractivity (Wildman–Crippen MR) is 124 cm³/mol. The summed E-state index contributed by atoms with van der Waals surface area (Å²) < 4.78 is 0. The Hall–Kier alpha value is -1.67. The quantitative estimate of drug-likeness (QED) is 0.654. The first-order chi connectivity index (χ1) is 14.9. The number of carbonyl (C=O) groups excluding carboxylic acids is 2. The van der Waals surface area contributed by atoms with Gasteiger partial charge in [-0.15, -0.1) is 0 Å². The van der Waals surface area contributed by atoms with Crippen LogP contribution in [0.4, 0.5) is 0 Å². The number of carbonyl (C=O) groups is 2. The summed E-state index contributed by atoms with van der Waals surface area (Å²) >= 11 is 6.48. The van der Waals surface area contributed by atoms with Gasteiger partial charge < -0.3 is 10.2 Å². The first-order valence-electron chi connectivity index (χ1n) is 11.3. The predicted octanol–water partition coefficient (Wildman–Crippen LogP) is 1.69. The Morgan fingerprint density at radius 1 is 0.968 bits per heavy atom. The minimum atomic E-state index is 0.0501. The molecule has 172 valence electrons. The molecular weight excluding hydrogens is 414 g/mol. The first-order valence-corrected chi connectivity index (χ1v) is 11.7. The molecule has 7 nitrogen and oxygen atoms in total. The van der Waals surface area contributed by atoms with Crippen LogP contribution in [0.3, 0.4) is 0 Å². The third-order valence-electron chi connectivity index (χ3n) is 6.24. The number of likely N-dealkylation sites (tertiary alicyclic amines) is 1. The first kappa shape index (κ1) is 24.0. The average molecular weight is 450 g/mol. The largest absolute Gasteiger partial charge is 0.353 e. The van der Waals surface area contributed by atoms with E-state index in [0.29, 0.717) is 19.6 Å². The third kappa shape index (κ3) is 7.17. The topological polar surface area (TPSA) is 59.1 Å². The van der Waals surface area contributed by atoms with E-state index in [0.717, 1.165) is 56.3 Å². The number of amides is 2. The van der Waals surface area contributed by atoms with Gasteiger partial charge in [-0.1, -0.05) is 29.8 Å². The molecule has 0 spiro atoms. The molecule has 1 atom stereocenters. The maximum atomic E-state index is 12.7. The van der Waals surface area contributed by atoms with Crippen molar-refractivity contribution in [3.63, 3.8) is 0 Å². The molecule has 0 saturated carbocycles. The molecule has 8 heteroatoms. The van der Waals surface area contributed by atoms with Gasteiger partial charge in [0, 0.05) is 38.8 Å². The van der Waals surface area contributed by atoms with Crippen molar-refractivity contribution in [2.75, 3.05) is 73.0 Å². The van der Waals surface area contributed by atoms with Gasteiger partial charge in [-0.2, -0.15) is 0 Å². The molecule has 1 aromatic carbocycles. The highest BCUT2D eigenvalue weighted by Crippen LogP contribution is 2.29. The highest BCUT2D eigenvalue weighted by Gasteiger charge is 2.26. The van der Waals surface area contributed by atoms with Crippen molar-refractivity contribution in [3.8, 4) is 0 Å². The standard InChI is InChI=1S/C23H36ClN5O2/c1-26(2)23(31)18-28-11-7-10-27(14-15-28)17-22(30)25-16-21(29-12-5-6-13-29)19-8-3-4-9-20(19)24/h3-4,8-9,21H,5-7,10-18H2,1-2H3,(H,25,30). The van der Waals surface area contributed by atoms with Crippen LogP contribution in [-0.2, 0) is 9.59 Å². The van der Waals surface area contributed by atoms with E-state index in [1.54, 1.807) is 19.0 Å². The maximum absolute atomic E-state index is 12.7. The Morgan fingerprint density at radius 2 is 1.61 bits per heavy atom. The number of nitrogens with one attached hydrogen (secondary N) is 1. The van der Waals surface area contributed by atoms with Crippen LogP contribution in [0.15, 0.2) is 24.3 Å². The van der Waals surface area contributed by atoms with E-state index in [1.165, 1.54) is 12.8 Å². The number of hydrogen-bond donors (Lipinski definition) is 1. The maximum Gasteiger partial charge on any atom is 0.236 e. The van der Waals surface area contributed by atoms with Gasteiger partial charge in [-0.25, -0.2) is 0 Å². The summed E-state index contributed by atoms with van der Waals surface area (Å²) in [6.07, 6.45) is 3.34. The zero-order valence-corrected chi connectivity index (χ0v) is 19.6. The fourth-order valence-electron chi connectivity index (χ4n) is 4.38. The minimum absolute atomic E-state index is 0.0501. The van der Waals surface area contributed by atoms with Gasteiger partial charge in [-0.05, 0) is 57.1 Å². The van der Waals surface area contributed by atoms with Crippen LogP contribution in [0, 0.1) is 0 Å². The van der Waals surface area contributed by atoms with Crippen LogP contribution >= 0.6 is 11.6 Å². The number of rotatable bonds is 8. The molecule has 2 fully saturated rings. The van der Waals surface area contributed by atoms with Crippen LogP contribution in [-0.4, -0.2) is 104 Å². The number of benzene rings is 1. The van der Waals surface area contributed by atoms with Gasteiger partial charge >= 0.3 is 0 Å². The molecule has 0 bridgehead atoms. The second-order valence-electron chi connectivity index (χ2n) is 8.78. The Kier molecular flexibility index (Phi) is 9.14. The molecule has 1 N–H and O–H groups in total. The van der Waals surface area contributed by atoms with Crippen molar-refractivity contribution in [1.29, 1.82) is 0 Å². The van der Waals surface area contributed by atoms with Gasteiger partial charge in [0.15, 0.2) is 0 Å². The second kappa shape index (κ2) is 11.8. The van der Waals surface area contributed by atoms with Crippen LogP contribution in [0.5, 0.6) is 0 Å². The zero-order valence-electron chi connectivity index (χ0n) is 18.9. The molecule has 2 aliphatic rings. The molecule has 2 aliphatic heterocycles. The molecule has 2 amide bonds. The van der Waals surface area contributed by atoms with Crippen molar-refractivity contribution < 1.29 is 9.59 Å². The van der Waals surface area contributed by atoms with Crippen LogP contribution in [0.2, 0.25) is 5.02 Å². The number of likely N-dealkylation sites (N-methyl/N-ethyl adjacent to an activating group) is 1. The van der Waals surface area contributed by atoms with Crippen molar-refractivity contribution in [1.82, 2.24) is 24.9 Å². The molecule has 0 aliphatic carbocycles. The van der Waals surface area contributed by atoms with Gasteiger partial charge in [0.25, 0.3) is 0 Å². The number of hydrogen-bond acceptors (Lipinski definition) is 5. The van der Waals surface area contributed by atoms with Gasteiger partial charge in [-0.3, -0.25) is 24.3 Å². The number of nitrogens with zero attached hydrogens (tertiary/aromatic N) is 4. The van der Waals surface area contributed by atoms with Crippen LogP contribution in [0.25, 0.3) is 0 Å². The lowest BCUT2D eigenvalue weighted by molar-refractivity contribution is -0.130. The Bertz CT molecular complexity index is 738. The monoisotopic (exact) mass is 449 g/mol. The molecule has 1 aromatic rings. The van der Waals surface area contributed by atoms with Crippen molar-refractivity contribution in [3.05, 3.63) is 34.9 Å². The summed E-state index contributed by atoms with van der Waals surface area (Å²) in [5.74, 6) is 0.174. The summed E-state index contributed by atoms with van der Waals surface area (Å²) in [6, 6.07) is 8.05. The average Bonchev–Trinajstić information content (AvgIpc) is 3.18. The molecule has 0 aromatic heterocycles. The van der Waals surface area contributed by atoms with Gasteiger partial charge in [0.05, 0.1) is 19.1 Å². The zero-order chi connectivity index (χ0) is 22.2. The third-order valence-corrected chi connectivity index (χ3v) is 6.59. The van der Waals surface area contributed by atoms with Crippen molar-refractivity contribution in [2.45, 2.75) is 25.3 Å². The Labute approximate surface area is 191 Å². The van der Waals surface area contributed by atoms with E-state index < -0.39 is 0 Å². The van der Waals surface area contributed by atoms with E-state index in [4.69, 9.17) is 11.6 Å². The molecule has 2 saturated heterocycles. The normalized spacial score (nSPS) is 19.7. The molecular formula is C23H36ClN5O2. The molecule has 0 radical (unpaired) electrons. The lowest BCUT2D eigenvalue weighted by atomic mass is 10.1. The fourth-order valence-corrected chi connectivity index (χ4v) is 4.64. The summed E-state index contributed by atoms with van der Waals surface area (Å²) in [4.78, 5) is 33.1.